The molecule has 2 unspecified atom stereocenters. The second-order valence-electron chi connectivity index (χ2n) is 4.72. The van der Waals surface area contributed by atoms with Crippen molar-refractivity contribution in [2.24, 2.45) is 0 Å². The van der Waals surface area contributed by atoms with Crippen molar-refractivity contribution in [3.8, 4) is 0 Å². The van der Waals surface area contributed by atoms with E-state index < -0.39 is 5.97 Å². The van der Waals surface area contributed by atoms with Crippen molar-refractivity contribution in [2.75, 3.05) is 11.6 Å². The molecule has 0 saturated heterocycles. The highest BCUT2D eigenvalue weighted by molar-refractivity contribution is 7.99. The molecule has 3 nitrogen and oxygen atoms in total. The monoisotopic (exact) mass is 265 g/mol. The fourth-order valence-corrected chi connectivity index (χ4v) is 3.33. The molecule has 2 rings (SSSR count). The summed E-state index contributed by atoms with van der Waals surface area (Å²) in [5.41, 5.74) is 1.11. The Labute approximate surface area is 112 Å². The van der Waals surface area contributed by atoms with Crippen LogP contribution in [0.4, 0.5) is 5.69 Å². The molecule has 0 radical (unpaired) electrons. The lowest BCUT2D eigenvalue weighted by atomic mass is 9.94. The zero-order chi connectivity index (χ0) is 13.0. The number of rotatable bonds is 4. The molecular formula is C14H19NO2S. The molecule has 4 heteroatoms. The standard InChI is InChI=1S/C14H19NO2S/c1-18-11-6-4-5-10(9-11)15-13-8-3-2-7-12(13)14(16)17/h2-3,7-8,10-11,15H,4-6,9H2,1H3,(H,16,17). The topological polar surface area (TPSA) is 49.3 Å². The lowest BCUT2D eigenvalue weighted by Gasteiger charge is -2.29. The van der Waals surface area contributed by atoms with Crippen molar-refractivity contribution in [1.29, 1.82) is 0 Å². The quantitative estimate of drug-likeness (QED) is 0.875. The minimum absolute atomic E-state index is 0.365. The maximum Gasteiger partial charge on any atom is 0.337 e. The maximum absolute atomic E-state index is 11.1. The van der Waals surface area contributed by atoms with Crippen LogP contribution in [-0.4, -0.2) is 28.6 Å². The fraction of sp³-hybridized carbons (Fsp3) is 0.500. The van der Waals surface area contributed by atoms with Crippen molar-refractivity contribution in [3.63, 3.8) is 0 Å². The number of hydrogen-bond acceptors (Lipinski definition) is 3. The SMILES string of the molecule is CSC1CCCC(Nc2ccccc2C(=O)O)C1. The normalized spacial score (nSPS) is 23.6. The summed E-state index contributed by atoms with van der Waals surface area (Å²) in [6.45, 7) is 0. The van der Waals surface area contributed by atoms with Gasteiger partial charge in [0.1, 0.15) is 0 Å². The van der Waals surface area contributed by atoms with E-state index in [0.717, 1.165) is 18.5 Å². The Bertz CT molecular complexity index is 422. The third-order valence-electron chi connectivity index (χ3n) is 3.48. The van der Waals surface area contributed by atoms with Gasteiger partial charge in [0.15, 0.2) is 0 Å². The van der Waals surface area contributed by atoms with E-state index in [4.69, 9.17) is 5.11 Å². The molecule has 1 aromatic carbocycles. The number of benzene rings is 1. The van der Waals surface area contributed by atoms with Gasteiger partial charge in [-0.2, -0.15) is 11.8 Å². The van der Waals surface area contributed by atoms with E-state index in [0.29, 0.717) is 16.9 Å². The molecule has 98 valence electrons. The lowest BCUT2D eigenvalue weighted by Crippen LogP contribution is -2.29. The number of carbonyl (C=O) groups is 1. The average Bonchev–Trinajstić information content (AvgIpc) is 2.39. The molecule has 1 aromatic rings. The van der Waals surface area contributed by atoms with Gasteiger partial charge < -0.3 is 10.4 Å². The van der Waals surface area contributed by atoms with Gasteiger partial charge in [0.25, 0.3) is 0 Å². The van der Waals surface area contributed by atoms with E-state index in [9.17, 15) is 4.79 Å². The third-order valence-corrected chi connectivity index (χ3v) is 4.57. The van der Waals surface area contributed by atoms with Crippen LogP contribution < -0.4 is 5.32 Å². The fourth-order valence-electron chi connectivity index (χ4n) is 2.51. The van der Waals surface area contributed by atoms with Crippen LogP contribution in [0.2, 0.25) is 0 Å². The van der Waals surface area contributed by atoms with Crippen LogP contribution in [0, 0.1) is 0 Å². The summed E-state index contributed by atoms with van der Waals surface area (Å²) in [7, 11) is 0. The van der Waals surface area contributed by atoms with Crippen LogP contribution >= 0.6 is 11.8 Å². The Kier molecular flexibility index (Phi) is 4.53. The van der Waals surface area contributed by atoms with Crippen molar-refractivity contribution in [3.05, 3.63) is 29.8 Å². The highest BCUT2D eigenvalue weighted by Crippen LogP contribution is 2.29. The lowest BCUT2D eigenvalue weighted by molar-refractivity contribution is 0.0698. The Hall–Kier alpha value is -1.16. The van der Waals surface area contributed by atoms with E-state index in [2.05, 4.69) is 11.6 Å². The molecule has 0 bridgehead atoms. The van der Waals surface area contributed by atoms with E-state index in [1.54, 1.807) is 12.1 Å². The average molecular weight is 265 g/mol. The smallest absolute Gasteiger partial charge is 0.337 e. The highest BCUT2D eigenvalue weighted by atomic mass is 32.2. The van der Waals surface area contributed by atoms with Gasteiger partial charge in [0.2, 0.25) is 0 Å². The Morgan fingerprint density at radius 1 is 1.39 bits per heavy atom. The molecule has 0 aromatic heterocycles. The second kappa shape index (κ2) is 6.14. The predicted molar refractivity (Wildman–Crippen MR) is 76.6 cm³/mol. The summed E-state index contributed by atoms with van der Waals surface area (Å²) in [6.07, 6.45) is 6.90. The summed E-state index contributed by atoms with van der Waals surface area (Å²) >= 11 is 1.91. The molecule has 0 amide bonds. The largest absolute Gasteiger partial charge is 0.478 e. The number of carboxylic acid groups (broad SMARTS) is 1. The van der Waals surface area contributed by atoms with E-state index in [-0.39, 0.29) is 0 Å². The Morgan fingerprint density at radius 2 is 2.17 bits per heavy atom. The van der Waals surface area contributed by atoms with Crippen molar-refractivity contribution >= 4 is 23.4 Å². The maximum atomic E-state index is 11.1. The number of anilines is 1. The number of nitrogens with one attached hydrogen (secondary N) is 1. The first kappa shape index (κ1) is 13.3. The summed E-state index contributed by atoms with van der Waals surface area (Å²) in [5.74, 6) is -0.865. The molecule has 1 saturated carbocycles. The van der Waals surface area contributed by atoms with Gasteiger partial charge in [-0.3, -0.25) is 0 Å². The zero-order valence-electron chi connectivity index (χ0n) is 10.6. The van der Waals surface area contributed by atoms with Gasteiger partial charge in [-0.15, -0.1) is 0 Å². The molecule has 1 aliphatic rings. The van der Waals surface area contributed by atoms with Gasteiger partial charge in [-0.05, 0) is 37.7 Å². The van der Waals surface area contributed by atoms with Crippen LogP contribution in [0.5, 0.6) is 0 Å². The molecule has 2 atom stereocenters. The first-order chi connectivity index (χ1) is 8.70. The summed E-state index contributed by atoms with van der Waals surface area (Å²) in [4.78, 5) is 11.1. The van der Waals surface area contributed by atoms with E-state index >= 15 is 0 Å². The van der Waals surface area contributed by atoms with Gasteiger partial charge in [-0.1, -0.05) is 18.6 Å². The highest BCUT2D eigenvalue weighted by Gasteiger charge is 2.22. The molecule has 0 aliphatic heterocycles. The predicted octanol–water partition coefficient (Wildman–Crippen LogP) is 3.47. The first-order valence-corrected chi connectivity index (χ1v) is 7.61. The summed E-state index contributed by atoms with van der Waals surface area (Å²) in [5, 5.41) is 13.3. The second-order valence-corrected chi connectivity index (χ2v) is 5.85. The molecular weight excluding hydrogens is 246 g/mol. The van der Waals surface area contributed by atoms with Gasteiger partial charge >= 0.3 is 5.97 Å². The molecule has 18 heavy (non-hydrogen) atoms. The number of thioether (sulfide) groups is 1. The minimum atomic E-state index is -0.865. The summed E-state index contributed by atoms with van der Waals surface area (Å²) in [6, 6.07) is 7.55. The molecule has 1 aliphatic carbocycles. The molecule has 0 heterocycles. The molecule has 1 fully saturated rings. The molecule has 2 N–H and O–H groups in total. The molecule has 0 spiro atoms. The van der Waals surface area contributed by atoms with Crippen LogP contribution in [0.1, 0.15) is 36.0 Å². The Balaban J connectivity index is 2.07. The van der Waals surface area contributed by atoms with Crippen LogP contribution in [0.15, 0.2) is 24.3 Å². The van der Waals surface area contributed by atoms with Gasteiger partial charge in [-0.25, -0.2) is 4.79 Å². The zero-order valence-corrected chi connectivity index (χ0v) is 11.4. The summed E-state index contributed by atoms with van der Waals surface area (Å²) < 4.78 is 0. The third kappa shape index (κ3) is 3.19. The number of para-hydroxylation sites is 1. The first-order valence-electron chi connectivity index (χ1n) is 6.32. The van der Waals surface area contributed by atoms with E-state index in [1.807, 2.05) is 23.9 Å². The van der Waals surface area contributed by atoms with Crippen molar-refractivity contribution in [2.45, 2.75) is 37.0 Å². The van der Waals surface area contributed by atoms with Gasteiger partial charge in [0, 0.05) is 17.0 Å². The van der Waals surface area contributed by atoms with Crippen LogP contribution in [0.25, 0.3) is 0 Å². The van der Waals surface area contributed by atoms with Crippen LogP contribution in [-0.2, 0) is 0 Å². The Morgan fingerprint density at radius 3 is 2.89 bits per heavy atom. The van der Waals surface area contributed by atoms with Crippen LogP contribution in [0.3, 0.4) is 0 Å². The number of carboxylic acids is 1. The van der Waals surface area contributed by atoms with Gasteiger partial charge in [0.05, 0.1) is 5.56 Å². The number of aromatic carboxylic acids is 1. The van der Waals surface area contributed by atoms with Crippen molar-refractivity contribution < 1.29 is 9.90 Å². The minimum Gasteiger partial charge on any atom is -0.478 e. The number of hydrogen-bond donors (Lipinski definition) is 2. The van der Waals surface area contributed by atoms with E-state index in [1.165, 1.54) is 12.8 Å². The van der Waals surface area contributed by atoms with Crippen molar-refractivity contribution in [1.82, 2.24) is 0 Å².